The molecule has 0 spiro atoms. The molecule has 0 amide bonds. The Kier molecular flexibility index (Phi) is 6.14. The van der Waals surface area contributed by atoms with E-state index in [-0.39, 0.29) is 24.4 Å². The standard InChI is InChI=1S/C23H34O7/c1-14(2)11-25-16-9-7-15(8-10-16)12-24-13-17-18-19(28-22(3,4)27-18)20-21(26-17)30-23(5,6)29-20/h7-10,14,17-21H,11-13H2,1-6H3/t17-,18+,19+,20-,21-/m1/s1. The molecule has 1 aromatic carbocycles. The van der Waals surface area contributed by atoms with E-state index in [0.717, 1.165) is 11.3 Å². The van der Waals surface area contributed by atoms with Gasteiger partial charge in [-0.3, -0.25) is 0 Å². The smallest absolute Gasteiger partial charge is 0.190 e. The minimum absolute atomic E-state index is 0.258. The Morgan fingerprint density at radius 3 is 2.20 bits per heavy atom. The lowest BCUT2D eigenvalue weighted by Crippen LogP contribution is -2.56. The fourth-order valence-electron chi connectivity index (χ4n) is 4.07. The van der Waals surface area contributed by atoms with Crippen molar-refractivity contribution >= 4 is 0 Å². The molecule has 0 aromatic heterocycles. The lowest BCUT2D eigenvalue weighted by molar-refractivity contribution is -0.243. The van der Waals surface area contributed by atoms with Gasteiger partial charge < -0.3 is 33.2 Å². The lowest BCUT2D eigenvalue weighted by atomic mass is 9.99. The van der Waals surface area contributed by atoms with Crippen LogP contribution in [0, 0.1) is 5.92 Å². The Morgan fingerprint density at radius 2 is 1.50 bits per heavy atom. The van der Waals surface area contributed by atoms with Gasteiger partial charge in [0.2, 0.25) is 0 Å². The molecule has 1 aromatic rings. The second-order valence-electron chi connectivity index (χ2n) is 9.57. The van der Waals surface area contributed by atoms with Crippen molar-refractivity contribution in [3.8, 4) is 5.75 Å². The molecule has 7 heteroatoms. The van der Waals surface area contributed by atoms with Crippen molar-refractivity contribution in [3.63, 3.8) is 0 Å². The summed E-state index contributed by atoms with van der Waals surface area (Å²) in [6.45, 7) is 13.4. The van der Waals surface area contributed by atoms with E-state index in [1.165, 1.54) is 0 Å². The van der Waals surface area contributed by atoms with Gasteiger partial charge in [0.05, 0.1) is 19.8 Å². The van der Waals surface area contributed by atoms with Crippen molar-refractivity contribution in [3.05, 3.63) is 29.8 Å². The van der Waals surface area contributed by atoms with Gasteiger partial charge in [-0.15, -0.1) is 0 Å². The normalized spacial score (nSPS) is 34.0. The first-order valence-corrected chi connectivity index (χ1v) is 10.8. The summed E-state index contributed by atoms with van der Waals surface area (Å²) in [5.41, 5.74) is 1.07. The predicted octanol–water partition coefficient (Wildman–Crippen LogP) is 3.63. The van der Waals surface area contributed by atoms with Crippen molar-refractivity contribution in [2.75, 3.05) is 13.2 Å². The first-order chi connectivity index (χ1) is 14.1. The minimum Gasteiger partial charge on any atom is -0.493 e. The molecule has 0 aliphatic carbocycles. The maximum absolute atomic E-state index is 6.17. The third-order valence-electron chi connectivity index (χ3n) is 5.31. The maximum atomic E-state index is 6.17. The van der Waals surface area contributed by atoms with Crippen molar-refractivity contribution in [1.82, 2.24) is 0 Å². The zero-order valence-corrected chi connectivity index (χ0v) is 18.8. The van der Waals surface area contributed by atoms with Crippen LogP contribution >= 0.6 is 0 Å². The van der Waals surface area contributed by atoms with Crippen LogP contribution in [0.4, 0.5) is 0 Å². The molecule has 0 N–H and O–H groups in total. The highest BCUT2D eigenvalue weighted by atomic mass is 16.9. The molecule has 30 heavy (non-hydrogen) atoms. The SMILES string of the molecule is CC(C)COc1ccc(COC[C@H]2O[C@@H]3OC(C)(C)O[C@@H]3[C@H]3OC(C)(C)O[C@H]32)cc1. The molecule has 3 aliphatic rings. The fourth-order valence-corrected chi connectivity index (χ4v) is 4.07. The quantitative estimate of drug-likeness (QED) is 0.665. The Labute approximate surface area is 178 Å². The molecule has 3 heterocycles. The highest BCUT2D eigenvalue weighted by molar-refractivity contribution is 5.26. The summed E-state index contributed by atoms with van der Waals surface area (Å²) >= 11 is 0. The first kappa shape index (κ1) is 22.0. The Morgan fingerprint density at radius 1 is 0.867 bits per heavy atom. The zero-order chi connectivity index (χ0) is 21.5. The molecule has 0 bridgehead atoms. The van der Waals surface area contributed by atoms with Crippen molar-refractivity contribution < 1.29 is 33.2 Å². The second-order valence-corrected chi connectivity index (χ2v) is 9.57. The maximum Gasteiger partial charge on any atom is 0.190 e. The highest BCUT2D eigenvalue weighted by Gasteiger charge is 2.60. The summed E-state index contributed by atoms with van der Waals surface area (Å²) < 4.78 is 42.1. The van der Waals surface area contributed by atoms with Crippen molar-refractivity contribution in [2.24, 2.45) is 5.92 Å². The van der Waals surface area contributed by atoms with E-state index < -0.39 is 17.9 Å². The average Bonchev–Trinajstić information content (AvgIpc) is 3.15. The number of ether oxygens (including phenoxy) is 7. The van der Waals surface area contributed by atoms with Crippen LogP contribution in [0.1, 0.15) is 47.1 Å². The van der Waals surface area contributed by atoms with E-state index in [0.29, 0.717) is 25.7 Å². The topological polar surface area (TPSA) is 64.6 Å². The monoisotopic (exact) mass is 422 g/mol. The molecule has 0 saturated carbocycles. The van der Waals surface area contributed by atoms with Crippen LogP contribution in [-0.2, 0) is 35.0 Å². The fraction of sp³-hybridized carbons (Fsp3) is 0.739. The number of hydrogen-bond acceptors (Lipinski definition) is 7. The summed E-state index contributed by atoms with van der Waals surface area (Å²) in [6, 6.07) is 7.98. The van der Waals surface area contributed by atoms with Gasteiger partial charge >= 0.3 is 0 Å². The van der Waals surface area contributed by atoms with Gasteiger partial charge in [0.1, 0.15) is 30.2 Å². The predicted molar refractivity (Wildman–Crippen MR) is 109 cm³/mol. The van der Waals surface area contributed by atoms with Crippen LogP contribution in [-0.4, -0.2) is 55.5 Å². The first-order valence-electron chi connectivity index (χ1n) is 10.8. The third-order valence-corrected chi connectivity index (χ3v) is 5.31. The van der Waals surface area contributed by atoms with E-state index in [9.17, 15) is 0 Å². The number of rotatable bonds is 7. The second kappa shape index (κ2) is 8.37. The number of fused-ring (bicyclic) bond motifs is 3. The Hall–Kier alpha value is -1.22. The molecule has 4 rings (SSSR count). The summed E-state index contributed by atoms with van der Waals surface area (Å²) in [5.74, 6) is -0.0473. The molecular formula is C23H34O7. The molecule has 3 fully saturated rings. The lowest BCUT2D eigenvalue weighted by Gasteiger charge is -2.37. The molecule has 168 valence electrons. The van der Waals surface area contributed by atoms with Crippen LogP contribution in [0.3, 0.4) is 0 Å². The molecule has 7 nitrogen and oxygen atoms in total. The summed E-state index contributed by atoms with van der Waals surface area (Å²) in [5, 5.41) is 0. The Bertz CT molecular complexity index is 715. The van der Waals surface area contributed by atoms with Crippen LogP contribution in [0.15, 0.2) is 24.3 Å². The summed E-state index contributed by atoms with van der Waals surface area (Å²) in [6.07, 6.45) is -1.65. The van der Waals surface area contributed by atoms with Gasteiger partial charge in [-0.25, -0.2) is 0 Å². The van der Waals surface area contributed by atoms with Crippen molar-refractivity contribution in [2.45, 2.75) is 90.4 Å². The van der Waals surface area contributed by atoms with Gasteiger partial charge in [-0.1, -0.05) is 26.0 Å². The molecule has 5 atom stereocenters. The molecule has 3 aliphatic heterocycles. The number of hydrogen-bond donors (Lipinski definition) is 0. The summed E-state index contributed by atoms with van der Waals surface area (Å²) in [4.78, 5) is 0. The van der Waals surface area contributed by atoms with Gasteiger partial charge in [-0.2, -0.15) is 0 Å². The van der Waals surface area contributed by atoms with Gasteiger partial charge in [0.25, 0.3) is 0 Å². The molecular weight excluding hydrogens is 388 g/mol. The van der Waals surface area contributed by atoms with E-state index in [2.05, 4.69) is 13.8 Å². The van der Waals surface area contributed by atoms with Gasteiger partial charge in [0.15, 0.2) is 17.9 Å². The summed E-state index contributed by atoms with van der Waals surface area (Å²) in [7, 11) is 0. The van der Waals surface area contributed by atoms with Gasteiger partial charge in [-0.05, 0) is 51.3 Å². The molecule has 3 saturated heterocycles. The Balaban J connectivity index is 1.34. The minimum atomic E-state index is -0.717. The van der Waals surface area contributed by atoms with Crippen LogP contribution in [0.25, 0.3) is 0 Å². The van der Waals surface area contributed by atoms with E-state index in [1.807, 2.05) is 52.0 Å². The van der Waals surface area contributed by atoms with Crippen LogP contribution in [0.2, 0.25) is 0 Å². The highest BCUT2D eigenvalue weighted by Crippen LogP contribution is 2.44. The van der Waals surface area contributed by atoms with E-state index >= 15 is 0 Å². The van der Waals surface area contributed by atoms with E-state index in [4.69, 9.17) is 33.2 Å². The molecule has 0 radical (unpaired) electrons. The van der Waals surface area contributed by atoms with Crippen molar-refractivity contribution in [1.29, 1.82) is 0 Å². The van der Waals surface area contributed by atoms with Crippen LogP contribution in [0.5, 0.6) is 5.75 Å². The van der Waals surface area contributed by atoms with Crippen LogP contribution < -0.4 is 4.74 Å². The van der Waals surface area contributed by atoms with Gasteiger partial charge in [0, 0.05) is 0 Å². The zero-order valence-electron chi connectivity index (χ0n) is 18.8. The average molecular weight is 423 g/mol. The molecule has 0 unspecified atom stereocenters. The third kappa shape index (κ3) is 4.98. The van der Waals surface area contributed by atoms with E-state index in [1.54, 1.807) is 0 Å². The number of benzene rings is 1. The largest absolute Gasteiger partial charge is 0.493 e.